The second kappa shape index (κ2) is 8.19. The first-order valence-electron chi connectivity index (χ1n) is 7.94. The van der Waals surface area contributed by atoms with Crippen LogP contribution in [-0.2, 0) is 27.1 Å². The van der Waals surface area contributed by atoms with Gasteiger partial charge >= 0.3 is 6.18 Å². The minimum absolute atomic E-state index is 0.0966. The molecule has 1 saturated heterocycles. The summed E-state index contributed by atoms with van der Waals surface area (Å²) in [5, 5.41) is 2.20. The third kappa shape index (κ3) is 5.05. The predicted octanol–water partition coefficient (Wildman–Crippen LogP) is 1.32. The van der Waals surface area contributed by atoms with Crippen molar-refractivity contribution in [3.63, 3.8) is 0 Å². The molecular weight excluding hydrogens is 370 g/mol. The van der Waals surface area contributed by atoms with E-state index in [0.717, 1.165) is 24.3 Å². The number of hydrogen-bond donors (Lipinski definition) is 1. The topological polar surface area (TPSA) is 69.7 Å². The predicted molar refractivity (Wildman–Crippen MR) is 86.6 cm³/mol. The second-order valence-electron chi connectivity index (χ2n) is 5.82. The lowest BCUT2D eigenvalue weighted by atomic mass is 10.1. The van der Waals surface area contributed by atoms with Crippen molar-refractivity contribution >= 4 is 17.7 Å². The first-order valence-corrected chi connectivity index (χ1v) is 7.94. The van der Waals surface area contributed by atoms with Crippen molar-refractivity contribution in [1.82, 2.24) is 15.1 Å². The summed E-state index contributed by atoms with van der Waals surface area (Å²) >= 11 is 0. The Balaban J connectivity index is 1.96. The number of hydrogen-bond acceptors (Lipinski definition) is 3. The lowest BCUT2D eigenvalue weighted by Crippen LogP contribution is -2.54. The Labute approximate surface area is 152 Å². The van der Waals surface area contributed by atoms with Gasteiger partial charge in [0, 0.05) is 25.2 Å². The van der Waals surface area contributed by atoms with Crippen LogP contribution < -0.4 is 5.32 Å². The summed E-state index contributed by atoms with van der Waals surface area (Å²) in [7, 11) is 0. The van der Waals surface area contributed by atoms with Crippen LogP contribution in [0, 0.1) is 5.82 Å². The summed E-state index contributed by atoms with van der Waals surface area (Å²) in [5.41, 5.74) is -1.85. The van der Waals surface area contributed by atoms with Crippen LogP contribution >= 0.6 is 0 Å². The van der Waals surface area contributed by atoms with Crippen molar-refractivity contribution < 1.29 is 31.9 Å². The molecule has 2 rings (SSSR count). The number of carbonyl (C=O) groups is 3. The highest BCUT2D eigenvalue weighted by Crippen LogP contribution is 2.32. The number of nitrogens with zero attached hydrogens (tertiary/aromatic N) is 2. The Morgan fingerprint density at radius 3 is 2.56 bits per heavy atom. The van der Waals surface area contributed by atoms with E-state index >= 15 is 0 Å². The van der Waals surface area contributed by atoms with Crippen molar-refractivity contribution in [1.29, 1.82) is 0 Å². The third-order valence-electron chi connectivity index (χ3n) is 4.03. The Bertz CT molecular complexity index is 764. The van der Waals surface area contributed by atoms with Gasteiger partial charge in [-0.2, -0.15) is 13.2 Å². The maximum atomic E-state index is 13.7. The van der Waals surface area contributed by atoms with E-state index in [4.69, 9.17) is 0 Å². The number of amides is 3. The molecule has 27 heavy (non-hydrogen) atoms. The maximum Gasteiger partial charge on any atom is 0.416 e. The number of rotatable bonds is 5. The van der Waals surface area contributed by atoms with Gasteiger partial charge in [-0.1, -0.05) is 12.6 Å². The molecule has 0 spiro atoms. The van der Waals surface area contributed by atoms with Crippen LogP contribution in [0.25, 0.3) is 0 Å². The van der Waals surface area contributed by atoms with Gasteiger partial charge in [-0.05, 0) is 18.2 Å². The number of alkyl halides is 3. The molecule has 0 aliphatic carbocycles. The second-order valence-corrected chi connectivity index (χ2v) is 5.82. The minimum atomic E-state index is -4.76. The van der Waals surface area contributed by atoms with E-state index < -0.39 is 53.9 Å². The molecule has 1 aliphatic rings. The van der Waals surface area contributed by atoms with E-state index in [0.29, 0.717) is 0 Å². The average molecular weight is 387 g/mol. The zero-order valence-electron chi connectivity index (χ0n) is 14.2. The van der Waals surface area contributed by atoms with Crippen molar-refractivity contribution in [2.45, 2.75) is 12.7 Å². The Hall–Kier alpha value is -2.91. The van der Waals surface area contributed by atoms with E-state index in [-0.39, 0.29) is 19.6 Å². The Kier molecular flexibility index (Phi) is 6.19. The smallest absolute Gasteiger partial charge is 0.350 e. The number of carbonyl (C=O) groups excluding carboxylic acids is 3. The molecule has 10 heteroatoms. The number of halogens is 4. The maximum absolute atomic E-state index is 13.7. The molecule has 6 nitrogen and oxygen atoms in total. The van der Waals surface area contributed by atoms with Gasteiger partial charge in [0.05, 0.1) is 12.1 Å². The van der Waals surface area contributed by atoms with Gasteiger partial charge in [-0.25, -0.2) is 4.39 Å². The first-order chi connectivity index (χ1) is 12.6. The van der Waals surface area contributed by atoms with Gasteiger partial charge in [0.1, 0.15) is 12.4 Å². The molecule has 1 aromatic rings. The van der Waals surface area contributed by atoms with Crippen molar-refractivity contribution in [3.05, 3.63) is 47.8 Å². The Morgan fingerprint density at radius 2 is 1.96 bits per heavy atom. The van der Waals surface area contributed by atoms with E-state index in [1.807, 2.05) is 0 Å². The van der Waals surface area contributed by atoms with E-state index in [2.05, 4.69) is 11.9 Å². The van der Waals surface area contributed by atoms with Gasteiger partial charge in [-0.15, -0.1) is 0 Å². The van der Waals surface area contributed by atoms with Gasteiger partial charge < -0.3 is 15.1 Å². The summed E-state index contributed by atoms with van der Waals surface area (Å²) in [5.74, 6) is -2.71. The molecule has 146 valence electrons. The molecule has 0 bridgehead atoms. The average Bonchev–Trinajstić information content (AvgIpc) is 2.60. The highest BCUT2D eigenvalue weighted by Gasteiger charge is 2.34. The molecule has 3 amide bonds. The molecule has 0 saturated carbocycles. The van der Waals surface area contributed by atoms with Crippen LogP contribution in [0.5, 0.6) is 0 Å². The Morgan fingerprint density at radius 1 is 1.26 bits per heavy atom. The summed E-state index contributed by atoms with van der Waals surface area (Å²) < 4.78 is 52.6. The quantitative estimate of drug-likeness (QED) is 0.612. The van der Waals surface area contributed by atoms with Gasteiger partial charge in [0.15, 0.2) is 0 Å². The lowest BCUT2D eigenvalue weighted by molar-refractivity contribution is -0.145. The molecule has 1 aliphatic heterocycles. The number of benzene rings is 1. The molecule has 1 heterocycles. The highest BCUT2D eigenvalue weighted by molar-refractivity contribution is 5.93. The normalized spacial score (nSPS) is 14.9. The van der Waals surface area contributed by atoms with Gasteiger partial charge in [0.2, 0.25) is 17.7 Å². The lowest BCUT2D eigenvalue weighted by Gasteiger charge is -2.33. The fraction of sp³-hybridized carbons (Fsp3) is 0.353. The first kappa shape index (κ1) is 20.4. The van der Waals surface area contributed by atoms with Crippen LogP contribution in [0.3, 0.4) is 0 Å². The zero-order chi connectivity index (χ0) is 20.2. The zero-order valence-corrected chi connectivity index (χ0v) is 14.2. The number of nitrogens with one attached hydrogen (secondary N) is 1. The molecule has 1 aromatic carbocycles. The summed E-state index contributed by atoms with van der Waals surface area (Å²) in [6, 6.07) is 2.53. The molecule has 0 aromatic heterocycles. The third-order valence-corrected chi connectivity index (χ3v) is 4.03. The van der Waals surface area contributed by atoms with Crippen LogP contribution in [0.2, 0.25) is 0 Å². The fourth-order valence-corrected chi connectivity index (χ4v) is 2.61. The summed E-state index contributed by atoms with van der Waals surface area (Å²) in [6.07, 6.45) is -3.69. The monoisotopic (exact) mass is 387 g/mol. The molecule has 0 unspecified atom stereocenters. The standard InChI is InChI=1S/C17H17F4N3O3/c1-2-15(26)24-7-6-23(16(27)10-24)9-14(25)22-8-11-12(17(19,20)21)4-3-5-13(11)18/h2-5H,1,6-10H2,(H,22,25). The van der Waals surface area contributed by atoms with Crippen molar-refractivity contribution in [2.75, 3.05) is 26.2 Å². The highest BCUT2D eigenvalue weighted by atomic mass is 19.4. The van der Waals surface area contributed by atoms with Crippen LogP contribution in [0.4, 0.5) is 17.6 Å². The van der Waals surface area contributed by atoms with Gasteiger partial charge in [0.25, 0.3) is 0 Å². The molecular formula is C17H17F4N3O3. The SMILES string of the molecule is C=CC(=O)N1CCN(CC(=O)NCc2c(F)cccc2C(F)(F)F)C(=O)C1. The summed E-state index contributed by atoms with van der Waals surface area (Å²) in [4.78, 5) is 37.9. The van der Waals surface area contributed by atoms with E-state index in [9.17, 15) is 31.9 Å². The van der Waals surface area contributed by atoms with Crippen LogP contribution in [-0.4, -0.2) is 53.7 Å². The van der Waals surface area contributed by atoms with E-state index in [1.54, 1.807) is 0 Å². The molecule has 0 atom stereocenters. The van der Waals surface area contributed by atoms with Gasteiger partial charge in [-0.3, -0.25) is 14.4 Å². The van der Waals surface area contributed by atoms with Crippen LogP contribution in [0.15, 0.2) is 30.9 Å². The van der Waals surface area contributed by atoms with Crippen molar-refractivity contribution in [2.24, 2.45) is 0 Å². The molecule has 1 fully saturated rings. The number of piperazine rings is 1. The van der Waals surface area contributed by atoms with E-state index in [1.165, 1.54) is 9.80 Å². The molecule has 0 radical (unpaired) electrons. The summed E-state index contributed by atoms with van der Waals surface area (Å²) in [6.45, 7) is 2.34. The molecule has 1 N–H and O–H groups in total. The van der Waals surface area contributed by atoms with Crippen molar-refractivity contribution in [3.8, 4) is 0 Å². The van der Waals surface area contributed by atoms with Crippen LogP contribution in [0.1, 0.15) is 11.1 Å². The largest absolute Gasteiger partial charge is 0.416 e. The fourth-order valence-electron chi connectivity index (χ4n) is 2.61. The minimum Gasteiger partial charge on any atom is -0.350 e.